The van der Waals surface area contributed by atoms with Crippen LogP contribution in [0.5, 0.6) is 0 Å². The molecule has 1 unspecified atom stereocenters. The third-order valence-electron chi connectivity index (χ3n) is 11.1. The molecule has 1 atom stereocenters. The molecule has 0 saturated heterocycles. The molecule has 0 radical (unpaired) electrons. The van der Waals surface area contributed by atoms with Crippen LogP contribution < -0.4 is 0 Å². The number of rotatable bonds is 15. The first-order valence-corrected chi connectivity index (χ1v) is 18.1. The Morgan fingerprint density at radius 2 is 1.35 bits per heavy atom. The smallest absolute Gasteiger partial charge is 0.254 e. The average Bonchev–Trinajstić information content (AvgIpc) is 3.81. The zero-order valence-corrected chi connectivity index (χ0v) is 28.9. The highest BCUT2D eigenvalue weighted by Gasteiger charge is 2.44. The van der Waals surface area contributed by atoms with Gasteiger partial charge in [0.05, 0.1) is 24.9 Å². The molecule has 0 spiro atoms. The topological polar surface area (TPSA) is 101 Å². The van der Waals surface area contributed by atoms with E-state index in [-0.39, 0.29) is 37.1 Å². The number of benzene rings is 3. The fourth-order valence-corrected chi connectivity index (χ4v) is 8.52. The van der Waals surface area contributed by atoms with Gasteiger partial charge in [0.15, 0.2) is 0 Å². The van der Waals surface area contributed by atoms with Crippen molar-refractivity contribution in [2.24, 2.45) is 0 Å². The fraction of sp³-hybridized carbons (Fsp3) is 0.512. The molecule has 0 bridgehead atoms. The molecule has 3 aromatic rings. The minimum absolute atomic E-state index is 0.0486. The Balaban J connectivity index is 1.35. The van der Waals surface area contributed by atoms with Gasteiger partial charge in [0, 0.05) is 29.8 Å². The van der Waals surface area contributed by atoms with Crippen LogP contribution in [-0.2, 0) is 18.4 Å². The molecule has 2 amide bonds. The molecule has 5 rings (SSSR count). The molecule has 7 heteroatoms. The van der Waals surface area contributed by atoms with Gasteiger partial charge in [-0.2, -0.15) is 0 Å². The normalized spacial score (nSPS) is 17.3. The van der Waals surface area contributed by atoms with Crippen LogP contribution in [0.2, 0.25) is 0 Å². The SMILES string of the molecule is CCC1(N(CCO)C(=O)c2ccccc2CCC(O)Cc2ccc(C)cc2C(=O)N(CCO)C2(c3ccccc3)CCCC2)CCCC1. The molecule has 48 heavy (non-hydrogen) atoms. The monoisotopic (exact) mass is 654 g/mol. The van der Waals surface area contributed by atoms with Crippen molar-refractivity contribution >= 4 is 11.8 Å². The maximum Gasteiger partial charge on any atom is 0.254 e. The Kier molecular flexibility index (Phi) is 12.1. The van der Waals surface area contributed by atoms with Crippen molar-refractivity contribution in [2.75, 3.05) is 26.3 Å². The average molecular weight is 655 g/mol. The van der Waals surface area contributed by atoms with Crippen LogP contribution in [0.25, 0.3) is 0 Å². The molecule has 0 aliphatic heterocycles. The number of hydrogen-bond acceptors (Lipinski definition) is 5. The van der Waals surface area contributed by atoms with Crippen molar-refractivity contribution in [3.63, 3.8) is 0 Å². The van der Waals surface area contributed by atoms with E-state index in [9.17, 15) is 24.9 Å². The Morgan fingerprint density at radius 1 is 0.750 bits per heavy atom. The third-order valence-corrected chi connectivity index (χ3v) is 11.1. The summed E-state index contributed by atoms with van der Waals surface area (Å²) < 4.78 is 0. The van der Waals surface area contributed by atoms with Crippen LogP contribution >= 0.6 is 0 Å². The Morgan fingerprint density at radius 3 is 2.02 bits per heavy atom. The van der Waals surface area contributed by atoms with Gasteiger partial charge in [-0.25, -0.2) is 0 Å². The van der Waals surface area contributed by atoms with Gasteiger partial charge >= 0.3 is 0 Å². The van der Waals surface area contributed by atoms with Gasteiger partial charge in [-0.1, -0.05) is 98.8 Å². The molecular formula is C41H54N2O5. The maximum atomic E-state index is 14.5. The standard InChI is InChI=1S/C41H54N2O5/c1-3-40(21-9-10-22-40)42(25-27-44)38(47)36-16-8-7-13-32(36)19-20-35(46)30-33-18-17-31(2)29-37(33)39(48)43(26-28-45)41(23-11-12-24-41)34-14-5-4-6-15-34/h4-8,13-18,29,35,44-46H,3,9-12,19-28,30H2,1-2H3. The van der Waals surface area contributed by atoms with Crippen LogP contribution in [0.3, 0.4) is 0 Å². The molecule has 2 aliphatic carbocycles. The number of β-amino-alcohol motifs (C(OH)–C–C–N with tert-alkyl or cyclic N) is 1. The lowest BCUT2D eigenvalue weighted by Gasteiger charge is -2.42. The molecule has 7 nitrogen and oxygen atoms in total. The first kappa shape index (κ1) is 35.8. The van der Waals surface area contributed by atoms with Gasteiger partial charge in [0.2, 0.25) is 0 Å². The van der Waals surface area contributed by atoms with Gasteiger partial charge in [0.25, 0.3) is 11.8 Å². The minimum Gasteiger partial charge on any atom is -0.395 e. The van der Waals surface area contributed by atoms with E-state index in [2.05, 4.69) is 19.1 Å². The Hall–Kier alpha value is -3.52. The van der Waals surface area contributed by atoms with Crippen LogP contribution in [-0.4, -0.2) is 74.9 Å². The summed E-state index contributed by atoms with van der Waals surface area (Å²) >= 11 is 0. The lowest BCUT2D eigenvalue weighted by molar-refractivity contribution is 0.0392. The summed E-state index contributed by atoms with van der Waals surface area (Å²) in [5.74, 6) is -0.162. The molecule has 258 valence electrons. The van der Waals surface area contributed by atoms with E-state index in [1.807, 2.05) is 77.4 Å². The predicted molar refractivity (Wildman–Crippen MR) is 190 cm³/mol. The molecule has 2 fully saturated rings. The number of carbonyl (C=O) groups is 2. The summed E-state index contributed by atoms with van der Waals surface area (Å²) in [4.78, 5) is 32.3. The highest BCUT2D eigenvalue weighted by molar-refractivity contribution is 5.97. The number of aliphatic hydroxyl groups is 3. The highest BCUT2D eigenvalue weighted by Crippen LogP contribution is 2.45. The Bertz CT molecular complexity index is 1510. The van der Waals surface area contributed by atoms with Gasteiger partial charge in [0.1, 0.15) is 0 Å². The van der Waals surface area contributed by atoms with Crippen molar-refractivity contribution in [1.29, 1.82) is 0 Å². The van der Waals surface area contributed by atoms with E-state index in [0.717, 1.165) is 80.0 Å². The number of carbonyl (C=O) groups excluding carboxylic acids is 2. The predicted octanol–water partition coefficient (Wildman–Crippen LogP) is 6.59. The number of amides is 2. The van der Waals surface area contributed by atoms with E-state index < -0.39 is 11.6 Å². The van der Waals surface area contributed by atoms with E-state index in [4.69, 9.17) is 0 Å². The largest absolute Gasteiger partial charge is 0.395 e. The fourth-order valence-electron chi connectivity index (χ4n) is 8.52. The van der Waals surface area contributed by atoms with Gasteiger partial charge in [-0.3, -0.25) is 9.59 Å². The van der Waals surface area contributed by atoms with Crippen molar-refractivity contribution in [3.05, 3.63) is 106 Å². The maximum absolute atomic E-state index is 14.5. The summed E-state index contributed by atoms with van der Waals surface area (Å²) in [5, 5.41) is 31.4. The molecular weight excluding hydrogens is 600 g/mol. The Labute approximate surface area is 286 Å². The summed E-state index contributed by atoms with van der Waals surface area (Å²) in [6, 6.07) is 23.7. The number of aliphatic hydroxyl groups excluding tert-OH is 3. The summed E-state index contributed by atoms with van der Waals surface area (Å²) in [7, 11) is 0. The lowest BCUT2D eigenvalue weighted by Crippen LogP contribution is -2.51. The second-order valence-electron chi connectivity index (χ2n) is 14.0. The molecule has 0 aromatic heterocycles. The second-order valence-corrected chi connectivity index (χ2v) is 14.0. The van der Waals surface area contributed by atoms with Crippen molar-refractivity contribution in [2.45, 2.75) is 108 Å². The zero-order chi connectivity index (χ0) is 34.1. The summed E-state index contributed by atoms with van der Waals surface area (Å²) in [5.41, 5.74) is 4.24. The van der Waals surface area contributed by atoms with E-state index in [1.165, 1.54) is 0 Å². The second kappa shape index (κ2) is 16.3. The number of nitrogens with zero attached hydrogens (tertiary/aromatic N) is 2. The van der Waals surface area contributed by atoms with Crippen LogP contribution in [0.4, 0.5) is 0 Å². The van der Waals surface area contributed by atoms with Crippen molar-refractivity contribution < 1.29 is 24.9 Å². The zero-order valence-electron chi connectivity index (χ0n) is 28.9. The third kappa shape index (κ3) is 7.54. The molecule has 0 heterocycles. The first-order valence-electron chi connectivity index (χ1n) is 18.1. The number of hydrogen-bond donors (Lipinski definition) is 3. The first-order chi connectivity index (χ1) is 23.3. The minimum atomic E-state index is -0.728. The van der Waals surface area contributed by atoms with Crippen LogP contribution in [0.1, 0.15) is 114 Å². The van der Waals surface area contributed by atoms with E-state index in [1.54, 1.807) is 0 Å². The molecule has 3 N–H and O–H groups in total. The van der Waals surface area contributed by atoms with Crippen LogP contribution in [0, 0.1) is 6.92 Å². The summed E-state index contributed by atoms with van der Waals surface area (Å²) in [6.45, 7) is 4.45. The summed E-state index contributed by atoms with van der Waals surface area (Å²) in [6.07, 6.45) is 9.19. The van der Waals surface area contributed by atoms with Crippen molar-refractivity contribution in [3.8, 4) is 0 Å². The van der Waals surface area contributed by atoms with Crippen LogP contribution in [0.15, 0.2) is 72.8 Å². The van der Waals surface area contributed by atoms with Gasteiger partial charge < -0.3 is 25.1 Å². The highest BCUT2D eigenvalue weighted by atomic mass is 16.3. The van der Waals surface area contributed by atoms with E-state index >= 15 is 0 Å². The van der Waals surface area contributed by atoms with Gasteiger partial charge in [-0.05, 0) is 87.1 Å². The number of aryl methyl sites for hydroxylation is 2. The molecule has 2 aliphatic rings. The van der Waals surface area contributed by atoms with E-state index in [0.29, 0.717) is 36.9 Å². The van der Waals surface area contributed by atoms with Crippen molar-refractivity contribution in [1.82, 2.24) is 9.80 Å². The molecule has 2 saturated carbocycles. The lowest BCUT2D eigenvalue weighted by atomic mass is 9.85. The van der Waals surface area contributed by atoms with Gasteiger partial charge in [-0.15, -0.1) is 0 Å². The molecule has 3 aromatic carbocycles. The quantitative estimate of drug-likeness (QED) is 0.172.